The molecule has 0 aliphatic carbocycles. The summed E-state index contributed by atoms with van der Waals surface area (Å²) in [5.41, 5.74) is 6.40. The summed E-state index contributed by atoms with van der Waals surface area (Å²) < 4.78 is 0. The molecule has 2 aromatic rings. The first-order valence-corrected chi connectivity index (χ1v) is 12.6. The molecule has 198 valence electrons. The van der Waals surface area contributed by atoms with E-state index in [0.717, 1.165) is 35.6 Å². The van der Waals surface area contributed by atoms with Gasteiger partial charge in [-0.1, -0.05) is 56.3 Å². The third-order valence-corrected chi connectivity index (χ3v) is 6.99. The number of nitrogens with zero attached hydrogens (tertiary/aromatic N) is 2. The van der Waals surface area contributed by atoms with Gasteiger partial charge in [0.2, 0.25) is 18.2 Å². The second-order valence-electron chi connectivity index (χ2n) is 9.26. The van der Waals surface area contributed by atoms with Crippen molar-refractivity contribution in [3.63, 3.8) is 0 Å². The van der Waals surface area contributed by atoms with Gasteiger partial charge in [-0.25, -0.2) is 0 Å². The second kappa shape index (κ2) is 14.2. The van der Waals surface area contributed by atoms with Crippen molar-refractivity contribution in [2.24, 2.45) is 11.7 Å². The largest absolute Gasteiger partial charge is 0.390 e. The number of aliphatic hydroxyl groups excluding tert-OH is 1. The van der Waals surface area contributed by atoms with Gasteiger partial charge in [-0.3, -0.25) is 14.4 Å². The van der Waals surface area contributed by atoms with E-state index in [9.17, 15) is 19.5 Å². The van der Waals surface area contributed by atoms with Gasteiger partial charge in [-0.2, -0.15) is 0 Å². The maximum absolute atomic E-state index is 13.3. The number of hydrogen-bond donors (Lipinski definition) is 3. The predicted octanol–water partition coefficient (Wildman–Crippen LogP) is 2.45. The van der Waals surface area contributed by atoms with Gasteiger partial charge in [0, 0.05) is 32.0 Å². The maximum Gasteiger partial charge on any atom is 0.243 e. The van der Waals surface area contributed by atoms with Crippen molar-refractivity contribution in [3.8, 4) is 0 Å². The van der Waals surface area contributed by atoms with Crippen molar-refractivity contribution in [1.29, 1.82) is 0 Å². The molecule has 0 radical (unpaired) electrons. The molecule has 1 heterocycles. The summed E-state index contributed by atoms with van der Waals surface area (Å²) >= 11 is 0. The van der Waals surface area contributed by atoms with Gasteiger partial charge in [0.05, 0.1) is 6.10 Å². The number of carbonyl (C=O) groups is 3. The van der Waals surface area contributed by atoms with E-state index < -0.39 is 18.3 Å². The Labute approximate surface area is 219 Å². The molecule has 3 atom stereocenters. The van der Waals surface area contributed by atoms with Crippen LogP contribution in [0.1, 0.15) is 45.1 Å². The monoisotopic (exact) mass is 518 g/mol. The lowest BCUT2D eigenvalue weighted by atomic mass is 9.99. The van der Waals surface area contributed by atoms with Gasteiger partial charge < -0.3 is 26.0 Å². The Morgan fingerprint density at radius 2 is 1.89 bits per heavy atom. The summed E-state index contributed by atoms with van der Waals surface area (Å²) in [7, 11) is 0. The quantitative estimate of drug-likeness (QED) is 0.373. The minimum absolute atomic E-state index is 0. The second-order valence-corrected chi connectivity index (χ2v) is 9.26. The first-order chi connectivity index (χ1) is 16.9. The van der Waals surface area contributed by atoms with Gasteiger partial charge >= 0.3 is 0 Å². The summed E-state index contributed by atoms with van der Waals surface area (Å²) in [5.74, 6) is -0.441. The average molecular weight is 519 g/mol. The van der Waals surface area contributed by atoms with Crippen LogP contribution >= 0.6 is 12.4 Å². The number of likely N-dealkylation sites (tertiary alicyclic amines) is 1. The van der Waals surface area contributed by atoms with Crippen LogP contribution in [-0.2, 0) is 20.8 Å². The van der Waals surface area contributed by atoms with E-state index in [1.807, 2.05) is 56.3 Å². The fourth-order valence-corrected chi connectivity index (χ4v) is 4.88. The zero-order chi connectivity index (χ0) is 25.4. The van der Waals surface area contributed by atoms with Crippen LogP contribution in [0.5, 0.6) is 0 Å². The molecule has 9 heteroatoms. The van der Waals surface area contributed by atoms with Crippen molar-refractivity contribution in [2.75, 3.05) is 19.6 Å². The number of amides is 3. The summed E-state index contributed by atoms with van der Waals surface area (Å²) in [5, 5.41) is 14.7. The topological polar surface area (TPSA) is 116 Å². The smallest absolute Gasteiger partial charge is 0.243 e. The molecule has 4 N–H and O–H groups in total. The molecule has 8 nitrogen and oxygen atoms in total. The third kappa shape index (κ3) is 6.96. The van der Waals surface area contributed by atoms with Gasteiger partial charge in [0.1, 0.15) is 12.2 Å². The van der Waals surface area contributed by atoms with Crippen molar-refractivity contribution in [3.05, 3.63) is 48.0 Å². The predicted molar refractivity (Wildman–Crippen MR) is 143 cm³/mol. The fraction of sp³-hybridized carbons (Fsp3) is 0.519. The normalized spacial score (nSPS) is 16.9. The lowest BCUT2D eigenvalue weighted by molar-refractivity contribution is -0.147. The molecule has 0 spiro atoms. The number of hydrogen-bond acceptors (Lipinski definition) is 5. The standard InChI is InChI=1S/C27H38N4O4.ClH/c1-3-20(4-2)27(35)30-13-7-10-25(30)31(18-32)24(26(34)29-17-23(33)16-28)15-19-11-12-21-8-5-6-9-22(21)14-19;/h5-6,8-9,11-12,14,18,20,23-25,33H,3-4,7,10,13,15-17,28H2,1-2H3,(H,29,34);1H/t23?,24-,25?;/m1./s1. The van der Waals surface area contributed by atoms with Crippen molar-refractivity contribution in [1.82, 2.24) is 15.1 Å². The number of nitrogens with one attached hydrogen (secondary N) is 1. The molecule has 1 saturated heterocycles. The van der Waals surface area contributed by atoms with Crippen LogP contribution in [0.15, 0.2) is 42.5 Å². The van der Waals surface area contributed by atoms with E-state index in [-0.39, 0.29) is 49.6 Å². The molecule has 3 amide bonds. The number of benzene rings is 2. The molecule has 0 bridgehead atoms. The third-order valence-electron chi connectivity index (χ3n) is 6.99. The molecule has 2 unspecified atom stereocenters. The van der Waals surface area contributed by atoms with E-state index in [4.69, 9.17) is 5.73 Å². The number of fused-ring (bicyclic) bond motifs is 1. The number of nitrogens with two attached hydrogens (primary N) is 1. The van der Waals surface area contributed by atoms with Crippen molar-refractivity contribution >= 4 is 41.4 Å². The zero-order valence-electron chi connectivity index (χ0n) is 21.1. The Morgan fingerprint density at radius 3 is 2.53 bits per heavy atom. The summed E-state index contributed by atoms with van der Waals surface area (Å²) in [4.78, 5) is 42.3. The zero-order valence-corrected chi connectivity index (χ0v) is 22.0. The average Bonchev–Trinajstić information content (AvgIpc) is 3.37. The molecule has 1 aliphatic heterocycles. The number of halogens is 1. The van der Waals surface area contributed by atoms with Crippen LogP contribution in [0.2, 0.25) is 0 Å². The molecule has 3 rings (SSSR count). The van der Waals surface area contributed by atoms with Crippen LogP contribution in [-0.4, -0.2) is 71.1 Å². The maximum atomic E-state index is 13.3. The van der Waals surface area contributed by atoms with Crippen LogP contribution < -0.4 is 11.1 Å². The van der Waals surface area contributed by atoms with E-state index >= 15 is 0 Å². The Bertz CT molecular complexity index is 1020. The van der Waals surface area contributed by atoms with Crippen LogP contribution in [0.3, 0.4) is 0 Å². The fourth-order valence-electron chi connectivity index (χ4n) is 4.88. The lowest BCUT2D eigenvalue weighted by Gasteiger charge is -2.38. The van der Waals surface area contributed by atoms with E-state index in [2.05, 4.69) is 5.32 Å². The van der Waals surface area contributed by atoms with E-state index in [1.165, 1.54) is 4.90 Å². The molecule has 0 saturated carbocycles. The molecular formula is C27H39ClN4O4. The lowest BCUT2D eigenvalue weighted by Crippen LogP contribution is -2.57. The van der Waals surface area contributed by atoms with Crippen molar-refractivity contribution in [2.45, 2.75) is 64.3 Å². The SMILES string of the molecule is CCC(CC)C(=O)N1CCCC1N(C=O)[C@H](Cc1ccc2ccccc2c1)C(=O)NCC(O)CN.Cl. The van der Waals surface area contributed by atoms with E-state index in [1.54, 1.807) is 4.90 Å². The Morgan fingerprint density at radius 1 is 1.19 bits per heavy atom. The highest BCUT2D eigenvalue weighted by Gasteiger charge is 2.39. The number of rotatable bonds is 12. The first kappa shape index (κ1) is 29.5. The first-order valence-electron chi connectivity index (χ1n) is 12.6. The van der Waals surface area contributed by atoms with Crippen LogP contribution in [0.4, 0.5) is 0 Å². The molecule has 36 heavy (non-hydrogen) atoms. The summed E-state index contributed by atoms with van der Waals surface area (Å²) in [6, 6.07) is 13.1. The van der Waals surface area contributed by atoms with E-state index in [0.29, 0.717) is 19.4 Å². The Kier molecular flexibility index (Phi) is 11.6. The van der Waals surface area contributed by atoms with Crippen molar-refractivity contribution < 1.29 is 19.5 Å². The Balaban J connectivity index is 0.00000456. The number of aliphatic hydroxyl groups is 1. The molecule has 0 aromatic heterocycles. The summed E-state index contributed by atoms with van der Waals surface area (Å²) in [6.07, 6.45) is 2.50. The van der Waals surface area contributed by atoms with Gasteiger partial charge in [0.15, 0.2) is 0 Å². The van der Waals surface area contributed by atoms with Gasteiger partial charge in [-0.05, 0) is 42.0 Å². The van der Waals surface area contributed by atoms with Gasteiger partial charge in [0.25, 0.3) is 0 Å². The van der Waals surface area contributed by atoms with Crippen LogP contribution in [0, 0.1) is 5.92 Å². The minimum Gasteiger partial charge on any atom is -0.390 e. The molecule has 2 aromatic carbocycles. The molecule has 1 aliphatic rings. The van der Waals surface area contributed by atoms with Gasteiger partial charge in [-0.15, -0.1) is 12.4 Å². The molecule has 1 fully saturated rings. The Hall–Kier alpha value is -2.68. The highest BCUT2D eigenvalue weighted by molar-refractivity contribution is 5.86. The summed E-state index contributed by atoms with van der Waals surface area (Å²) in [6.45, 7) is 4.58. The molecular weight excluding hydrogens is 480 g/mol. The van der Waals surface area contributed by atoms with Crippen LogP contribution in [0.25, 0.3) is 10.8 Å². The minimum atomic E-state index is -0.871. The highest BCUT2D eigenvalue weighted by atomic mass is 35.5. The number of carbonyl (C=O) groups excluding carboxylic acids is 3. The highest BCUT2D eigenvalue weighted by Crippen LogP contribution is 2.27.